The fourth-order valence-corrected chi connectivity index (χ4v) is 6.92. The van der Waals surface area contributed by atoms with Crippen molar-refractivity contribution in [3.05, 3.63) is 124 Å². The first-order chi connectivity index (χ1) is 18.4. The van der Waals surface area contributed by atoms with Crippen LogP contribution in [0.25, 0.3) is 16.8 Å². The Kier molecular flexibility index (Phi) is 4.19. The van der Waals surface area contributed by atoms with Crippen molar-refractivity contribution in [2.45, 2.75) is 25.7 Å². The molecule has 0 saturated heterocycles. The van der Waals surface area contributed by atoms with Gasteiger partial charge in [-0.15, -0.1) is 0 Å². The highest BCUT2D eigenvalue weighted by molar-refractivity contribution is 6.59. The van der Waals surface area contributed by atoms with Gasteiger partial charge in [0, 0.05) is 28.6 Å². The van der Waals surface area contributed by atoms with Crippen molar-refractivity contribution in [2.75, 3.05) is 11.5 Å². The number of nitrogens with zero attached hydrogens (tertiary/aromatic N) is 2. The molecule has 0 atom stereocenters. The monoisotopic (exact) mass is 502 g/mol. The molecule has 0 spiro atoms. The predicted molar refractivity (Wildman–Crippen MR) is 149 cm³/mol. The minimum absolute atomic E-state index is 0.444. The fraction of sp³-hybridized carbons (Fsp3) is 0.129. The number of aryl methyl sites for hydroxylation is 3. The summed E-state index contributed by atoms with van der Waals surface area (Å²) in [6, 6.07) is 23.4. The highest BCUT2D eigenvalue weighted by Gasteiger charge is 2.57. The fourth-order valence-electron chi connectivity index (χ4n) is 6.92. The Balaban J connectivity index is 1.52. The molecule has 2 aliphatic heterocycles. The number of hydrogen-bond acceptors (Lipinski definition) is 2. The third kappa shape index (κ3) is 2.71. The smallest absolute Gasteiger partial charge is 0.397 e. The Morgan fingerprint density at radius 3 is 2.21 bits per heavy atom. The Labute approximate surface area is 219 Å². The van der Waals surface area contributed by atoms with Crippen LogP contribution in [0.1, 0.15) is 39.9 Å². The lowest BCUT2D eigenvalue weighted by molar-refractivity contribution is -0.361. The van der Waals surface area contributed by atoms with E-state index in [4.69, 9.17) is 11.5 Å². The van der Waals surface area contributed by atoms with Crippen molar-refractivity contribution in [2.24, 2.45) is 0 Å². The van der Waals surface area contributed by atoms with Crippen molar-refractivity contribution >= 4 is 29.6 Å². The highest BCUT2D eigenvalue weighted by Crippen LogP contribution is 2.48. The van der Waals surface area contributed by atoms with Crippen LogP contribution in [0.5, 0.6) is 0 Å². The molecule has 4 aromatic rings. The number of nitrogens with two attached hydrogens (primary N) is 2. The van der Waals surface area contributed by atoms with Gasteiger partial charge in [0.05, 0.1) is 16.9 Å². The summed E-state index contributed by atoms with van der Waals surface area (Å²) < 4.78 is 37.0. The van der Waals surface area contributed by atoms with Crippen LogP contribution in [0.4, 0.5) is 20.0 Å². The molecule has 0 radical (unpaired) electrons. The maximum atomic E-state index is 17.2. The highest BCUT2D eigenvalue weighted by atomic mass is 19.2. The van der Waals surface area contributed by atoms with E-state index in [1.807, 2.05) is 60.7 Å². The van der Waals surface area contributed by atoms with Crippen LogP contribution in [0.15, 0.2) is 90.1 Å². The number of rotatable bonds is 1. The molecule has 0 bridgehead atoms. The van der Waals surface area contributed by atoms with Crippen molar-refractivity contribution in [3.63, 3.8) is 0 Å². The Morgan fingerprint density at radius 1 is 0.737 bits per heavy atom. The molecule has 0 unspecified atom stereocenters. The maximum absolute atomic E-state index is 17.2. The summed E-state index contributed by atoms with van der Waals surface area (Å²) >= 11 is 0. The van der Waals surface area contributed by atoms with Gasteiger partial charge in [-0.1, -0.05) is 48.5 Å². The molecule has 3 heterocycles. The zero-order valence-electron chi connectivity index (χ0n) is 20.7. The topological polar surface area (TPSA) is 60.0 Å². The Hall–Kier alpha value is -4.39. The number of fused-ring (bicyclic) bond motifs is 9. The van der Waals surface area contributed by atoms with Crippen LogP contribution < -0.4 is 11.5 Å². The second kappa shape index (κ2) is 7.35. The van der Waals surface area contributed by atoms with Gasteiger partial charge in [-0.3, -0.25) is 0 Å². The number of allylic oxidation sites excluding steroid dienone is 2. The first-order valence-corrected chi connectivity index (χ1v) is 13.1. The van der Waals surface area contributed by atoms with Gasteiger partial charge in [0.25, 0.3) is 0 Å². The van der Waals surface area contributed by atoms with E-state index in [0.717, 1.165) is 70.2 Å². The lowest BCUT2D eigenvalue weighted by atomic mass is 9.82. The van der Waals surface area contributed by atoms with Gasteiger partial charge in [-0.05, 0) is 77.8 Å². The lowest BCUT2D eigenvalue weighted by Gasteiger charge is -2.35. The van der Waals surface area contributed by atoms with E-state index in [-0.39, 0.29) is 0 Å². The molecule has 0 fully saturated rings. The third-order valence-corrected chi connectivity index (χ3v) is 8.61. The molecule has 4 N–H and O–H groups in total. The summed E-state index contributed by atoms with van der Waals surface area (Å²) in [6.45, 7) is -4.19. The molecule has 2 aliphatic carbocycles. The van der Waals surface area contributed by atoms with E-state index in [1.165, 1.54) is 8.96 Å². The van der Waals surface area contributed by atoms with Crippen LogP contribution in [0, 0.1) is 0 Å². The van der Waals surface area contributed by atoms with Crippen LogP contribution in [-0.2, 0) is 19.3 Å². The Bertz CT molecular complexity index is 1830. The van der Waals surface area contributed by atoms with Gasteiger partial charge in [0.15, 0.2) is 11.4 Å². The van der Waals surface area contributed by atoms with Crippen molar-refractivity contribution in [1.82, 2.24) is 4.48 Å². The van der Waals surface area contributed by atoms with Crippen LogP contribution in [0.2, 0.25) is 0 Å². The normalized spacial score (nSPS) is 18.2. The van der Waals surface area contributed by atoms with Crippen molar-refractivity contribution in [1.29, 1.82) is 0 Å². The number of halogens is 2. The first kappa shape index (κ1) is 21.7. The zero-order chi connectivity index (χ0) is 25.8. The van der Waals surface area contributed by atoms with Crippen molar-refractivity contribution in [3.8, 4) is 11.3 Å². The summed E-state index contributed by atoms with van der Waals surface area (Å²) in [5.74, 6) is 0. The van der Waals surface area contributed by atoms with Gasteiger partial charge in [0.1, 0.15) is 0 Å². The maximum Gasteiger partial charge on any atom is 0.737 e. The second-order valence-corrected chi connectivity index (χ2v) is 10.7. The molecule has 0 amide bonds. The van der Waals surface area contributed by atoms with E-state index in [2.05, 4.69) is 12.1 Å². The molecule has 3 aromatic carbocycles. The average Bonchev–Trinajstić information content (AvgIpc) is 3.51. The van der Waals surface area contributed by atoms with E-state index >= 15 is 8.63 Å². The van der Waals surface area contributed by atoms with Gasteiger partial charge < -0.3 is 29.1 Å². The van der Waals surface area contributed by atoms with Crippen LogP contribution in [-0.4, -0.2) is 21.6 Å². The summed E-state index contributed by atoms with van der Waals surface area (Å²) in [5, 5.41) is 0. The van der Waals surface area contributed by atoms with E-state index in [1.54, 1.807) is 6.07 Å². The molecule has 186 valence electrons. The summed E-state index contributed by atoms with van der Waals surface area (Å²) in [4.78, 5) is 0. The van der Waals surface area contributed by atoms with Gasteiger partial charge in [-0.2, -0.15) is 0 Å². The molecule has 4 aliphatic rings. The molecular formula is C31H25BF2N4. The second-order valence-electron chi connectivity index (χ2n) is 10.7. The minimum atomic E-state index is -4.19. The molecule has 7 heteroatoms. The number of hydrogen-bond donors (Lipinski definition) is 2. The molecule has 4 nitrogen and oxygen atoms in total. The van der Waals surface area contributed by atoms with Crippen LogP contribution >= 0.6 is 0 Å². The number of benzene rings is 3. The van der Waals surface area contributed by atoms with E-state index in [9.17, 15) is 0 Å². The van der Waals surface area contributed by atoms with E-state index in [0.29, 0.717) is 34.2 Å². The van der Waals surface area contributed by atoms with Crippen molar-refractivity contribution < 1.29 is 13.1 Å². The van der Waals surface area contributed by atoms with Gasteiger partial charge in [0.2, 0.25) is 0 Å². The number of nitrogen functional groups attached to an aromatic ring is 2. The lowest BCUT2D eigenvalue weighted by Crippen LogP contribution is -2.52. The number of aromatic nitrogens is 1. The Morgan fingerprint density at radius 2 is 1.42 bits per heavy atom. The molecule has 38 heavy (non-hydrogen) atoms. The molecule has 8 rings (SSSR count). The minimum Gasteiger partial charge on any atom is -0.397 e. The summed E-state index contributed by atoms with van der Waals surface area (Å²) in [7, 11) is 0. The van der Waals surface area contributed by atoms with Crippen LogP contribution in [0.3, 0.4) is 0 Å². The third-order valence-electron chi connectivity index (χ3n) is 8.61. The summed E-state index contributed by atoms with van der Waals surface area (Å²) in [6.07, 6.45) is 5.11. The largest absolute Gasteiger partial charge is 0.737 e. The first-order valence-electron chi connectivity index (χ1n) is 13.1. The molecule has 0 saturated carbocycles. The SMILES string of the molecule is Nc1ccc(C2=C3C=C4CCc5ccccc5C4=[N+]3[B-](F)(F)n3c2cc2c3-c3ccccc3CC2)cc1N. The standard InChI is InChI=1S/C31H25BF2N4/c33-32(34)37-27(16-21-11-9-18-5-1-3-7-23(18)30(21)37)29(20-13-14-25(35)26(36)15-20)28-17-22-12-10-19-6-2-4-8-24(19)31(22)38(28)32/h1-8,13-17H,9-12,35-36H2. The summed E-state index contributed by atoms with van der Waals surface area (Å²) in [5.41, 5.74) is 23.0. The quantitative estimate of drug-likeness (QED) is 0.255. The predicted octanol–water partition coefficient (Wildman–Crippen LogP) is 5.80. The average molecular weight is 502 g/mol. The van der Waals surface area contributed by atoms with E-state index < -0.39 is 6.97 Å². The molecular weight excluding hydrogens is 477 g/mol. The van der Waals surface area contributed by atoms with Gasteiger partial charge in [-0.25, -0.2) is 0 Å². The molecule has 1 aromatic heterocycles. The number of anilines is 2. The zero-order valence-corrected chi connectivity index (χ0v) is 20.7. The van der Waals surface area contributed by atoms with Gasteiger partial charge >= 0.3 is 6.97 Å².